The van der Waals surface area contributed by atoms with E-state index in [1.165, 1.54) is 0 Å². The third-order valence-corrected chi connectivity index (χ3v) is 2.14. The topological polar surface area (TPSA) is 40.5 Å². The van der Waals surface area contributed by atoms with Crippen molar-refractivity contribution in [2.24, 2.45) is 5.92 Å². The Labute approximate surface area is 63.0 Å². The van der Waals surface area contributed by atoms with Gasteiger partial charge in [-0.3, -0.25) is 0 Å². The molecular formula is C5H11IO2. The highest BCUT2D eigenvalue weighted by Crippen LogP contribution is 2.10. The lowest BCUT2D eigenvalue weighted by Gasteiger charge is -2.11. The quantitative estimate of drug-likeness (QED) is 0.544. The number of hydrogen-bond donors (Lipinski definition) is 2. The van der Waals surface area contributed by atoms with Crippen molar-refractivity contribution in [1.82, 2.24) is 0 Å². The molecule has 3 heteroatoms. The van der Waals surface area contributed by atoms with E-state index in [-0.39, 0.29) is 19.1 Å². The molecule has 0 heterocycles. The summed E-state index contributed by atoms with van der Waals surface area (Å²) in [5.41, 5.74) is 0. The molecule has 0 bridgehead atoms. The van der Waals surface area contributed by atoms with Crippen LogP contribution < -0.4 is 0 Å². The summed E-state index contributed by atoms with van der Waals surface area (Å²) < 4.78 is 0.350. The summed E-state index contributed by atoms with van der Waals surface area (Å²) in [5, 5.41) is 17.1. The van der Waals surface area contributed by atoms with Gasteiger partial charge in [0.15, 0.2) is 0 Å². The molecule has 0 saturated carbocycles. The highest BCUT2D eigenvalue weighted by Gasteiger charge is 2.10. The fourth-order valence-electron chi connectivity index (χ4n) is 0.348. The molecule has 0 aromatic heterocycles. The highest BCUT2D eigenvalue weighted by atomic mass is 127. The van der Waals surface area contributed by atoms with Gasteiger partial charge in [0.1, 0.15) is 0 Å². The van der Waals surface area contributed by atoms with Gasteiger partial charge in [0, 0.05) is 23.1 Å². The molecule has 0 saturated heterocycles. The second-order valence-corrected chi connectivity index (χ2v) is 3.77. The predicted octanol–water partition coefficient (Wildman–Crippen LogP) is 0.411. The second-order valence-electron chi connectivity index (χ2n) is 1.80. The van der Waals surface area contributed by atoms with E-state index in [2.05, 4.69) is 22.6 Å². The Bertz CT molecular complexity index is 52.4. The normalized spacial score (nSPS) is 14.6. The summed E-state index contributed by atoms with van der Waals surface area (Å²) in [6.07, 6.45) is 0. The molecule has 0 aliphatic heterocycles. The molecule has 0 rings (SSSR count). The summed E-state index contributed by atoms with van der Waals surface area (Å²) in [6.45, 7) is 2.14. The first-order valence-electron chi connectivity index (χ1n) is 2.58. The van der Waals surface area contributed by atoms with Gasteiger partial charge in [-0.05, 0) is 0 Å². The maximum absolute atomic E-state index is 8.53. The summed E-state index contributed by atoms with van der Waals surface area (Å²) in [6, 6.07) is 0. The van der Waals surface area contributed by atoms with E-state index in [9.17, 15) is 0 Å². The van der Waals surface area contributed by atoms with Gasteiger partial charge in [-0.2, -0.15) is 0 Å². The molecule has 0 aliphatic rings. The third kappa shape index (κ3) is 2.84. The Kier molecular flexibility index (Phi) is 4.89. The Morgan fingerprint density at radius 1 is 1.38 bits per heavy atom. The average molecular weight is 230 g/mol. The van der Waals surface area contributed by atoms with Gasteiger partial charge in [-0.1, -0.05) is 29.5 Å². The summed E-state index contributed by atoms with van der Waals surface area (Å²) >= 11 is 2.18. The van der Waals surface area contributed by atoms with Gasteiger partial charge in [0.2, 0.25) is 0 Å². The van der Waals surface area contributed by atoms with E-state index < -0.39 is 0 Å². The molecule has 0 amide bonds. The Balaban J connectivity index is 3.35. The number of aliphatic hydroxyl groups excluding tert-OH is 2. The van der Waals surface area contributed by atoms with Crippen LogP contribution in [0.2, 0.25) is 0 Å². The van der Waals surface area contributed by atoms with Gasteiger partial charge in [0.25, 0.3) is 0 Å². The first-order valence-corrected chi connectivity index (χ1v) is 3.82. The van der Waals surface area contributed by atoms with Crippen molar-refractivity contribution in [3.8, 4) is 0 Å². The van der Waals surface area contributed by atoms with E-state index in [0.29, 0.717) is 3.92 Å². The minimum absolute atomic E-state index is 0.0515. The zero-order chi connectivity index (χ0) is 6.57. The predicted molar refractivity (Wildman–Crippen MR) is 41.1 cm³/mol. The Hall–Kier alpha value is 0.650. The summed E-state index contributed by atoms with van der Waals surface area (Å²) in [5.74, 6) is 0.0515. The van der Waals surface area contributed by atoms with E-state index in [4.69, 9.17) is 10.2 Å². The molecule has 0 fully saturated rings. The van der Waals surface area contributed by atoms with Gasteiger partial charge in [-0.25, -0.2) is 0 Å². The van der Waals surface area contributed by atoms with E-state index in [1.54, 1.807) is 0 Å². The first kappa shape index (κ1) is 8.65. The van der Waals surface area contributed by atoms with Crippen LogP contribution in [0.5, 0.6) is 0 Å². The lowest BCUT2D eigenvalue weighted by molar-refractivity contribution is 0.153. The maximum atomic E-state index is 8.53. The zero-order valence-corrected chi connectivity index (χ0v) is 7.00. The van der Waals surface area contributed by atoms with Gasteiger partial charge >= 0.3 is 0 Å². The monoisotopic (exact) mass is 230 g/mol. The van der Waals surface area contributed by atoms with Gasteiger partial charge in [-0.15, -0.1) is 0 Å². The minimum Gasteiger partial charge on any atom is -0.396 e. The molecule has 0 aromatic rings. The Morgan fingerprint density at radius 2 is 1.75 bits per heavy atom. The minimum atomic E-state index is 0.0515. The van der Waals surface area contributed by atoms with Crippen molar-refractivity contribution in [3.05, 3.63) is 0 Å². The van der Waals surface area contributed by atoms with Gasteiger partial charge in [0.05, 0.1) is 0 Å². The maximum Gasteiger partial charge on any atom is 0.0491 e. The van der Waals surface area contributed by atoms with Crippen LogP contribution in [0.15, 0.2) is 0 Å². The van der Waals surface area contributed by atoms with Crippen molar-refractivity contribution in [2.45, 2.75) is 10.8 Å². The van der Waals surface area contributed by atoms with Crippen LogP contribution in [0.3, 0.4) is 0 Å². The number of halogens is 1. The van der Waals surface area contributed by atoms with Crippen LogP contribution in [0.25, 0.3) is 0 Å². The smallest absolute Gasteiger partial charge is 0.0491 e. The van der Waals surface area contributed by atoms with Crippen molar-refractivity contribution < 1.29 is 10.2 Å². The van der Waals surface area contributed by atoms with Crippen molar-refractivity contribution in [3.63, 3.8) is 0 Å². The number of hydrogen-bond acceptors (Lipinski definition) is 2. The largest absolute Gasteiger partial charge is 0.396 e. The molecular weight excluding hydrogens is 219 g/mol. The van der Waals surface area contributed by atoms with Crippen LogP contribution in [-0.2, 0) is 0 Å². The molecule has 8 heavy (non-hydrogen) atoms. The standard InChI is InChI=1S/C5H11IO2/c1-4(6)5(2-7)3-8/h4-5,7-8H,2-3H2,1H3. The lowest BCUT2D eigenvalue weighted by atomic mass is 10.1. The van der Waals surface area contributed by atoms with Crippen LogP contribution in [0.1, 0.15) is 6.92 Å². The van der Waals surface area contributed by atoms with Crippen molar-refractivity contribution in [2.75, 3.05) is 13.2 Å². The molecule has 0 radical (unpaired) electrons. The van der Waals surface area contributed by atoms with Crippen molar-refractivity contribution in [1.29, 1.82) is 0 Å². The van der Waals surface area contributed by atoms with Crippen molar-refractivity contribution >= 4 is 22.6 Å². The molecule has 0 aliphatic carbocycles. The second kappa shape index (κ2) is 4.52. The Morgan fingerprint density at radius 3 is 1.75 bits per heavy atom. The first-order chi connectivity index (χ1) is 3.72. The number of rotatable bonds is 3. The van der Waals surface area contributed by atoms with Crippen LogP contribution >= 0.6 is 22.6 Å². The van der Waals surface area contributed by atoms with E-state index in [0.717, 1.165) is 0 Å². The van der Waals surface area contributed by atoms with Gasteiger partial charge < -0.3 is 10.2 Å². The summed E-state index contributed by atoms with van der Waals surface area (Å²) in [7, 11) is 0. The summed E-state index contributed by atoms with van der Waals surface area (Å²) in [4.78, 5) is 0. The SMILES string of the molecule is CC(I)C(CO)CO. The number of alkyl halides is 1. The molecule has 1 unspecified atom stereocenters. The number of aliphatic hydroxyl groups is 2. The molecule has 1 atom stereocenters. The van der Waals surface area contributed by atoms with Crippen LogP contribution in [0, 0.1) is 5.92 Å². The highest BCUT2D eigenvalue weighted by molar-refractivity contribution is 14.1. The molecule has 2 N–H and O–H groups in total. The van der Waals surface area contributed by atoms with E-state index >= 15 is 0 Å². The molecule has 0 spiro atoms. The molecule has 2 nitrogen and oxygen atoms in total. The van der Waals surface area contributed by atoms with E-state index in [1.807, 2.05) is 6.92 Å². The van der Waals surface area contributed by atoms with Crippen LogP contribution in [-0.4, -0.2) is 27.4 Å². The molecule has 50 valence electrons. The molecule has 0 aromatic carbocycles. The third-order valence-electron chi connectivity index (χ3n) is 1.12. The van der Waals surface area contributed by atoms with Crippen LogP contribution in [0.4, 0.5) is 0 Å². The fourth-order valence-corrected chi connectivity index (χ4v) is 0.803. The zero-order valence-electron chi connectivity index (χ0n) is 4.84. The fraction of sp³-hybridized carbons (Fsp3) is 1.00. The average Bonchev–Trinajstić information content (AvgIpc) is 1.69. The lowest BCUT2D eigenvalue weighted by Crippen LogP contribution is -2.19.